The summed E-state index contributed by atoms with van der Waals surface area (Å²) in [5, 5.41) is 2.74. The standard InChI is InChI=1S/C12H10BrFN2OS/c13-10-2-1-9(18-10)4-6-16-12(17)8-3-5-15-11(14)7-8/h1-3,5,7H,4,6H2,(H,16,17). The first kappa shape index (κ1) is 13.2. The van der Waals surface area contributed by atoms with Crippen LogP contribution in [-0.4, -0.2) is 17.4 Å². The number of nitrogens with zero attached hydrogens (tertiary/aromatic N) is 1. The van der Waals surface area contributed by atoms with E-state index < -0.39 is 5.95 Å². The summed E-state index contributed by atoms with van der Waals surface area (Å²) < 4.78 is 13.9. The van der Waals surface area contributed by atoms with Gasteiger partial charge < -0.3 is 5.32 Å². The van der Waals surface area contributed by atoms with Crippen LogP contribution >= 0.6 is 27.3 Å². The predicted molar refractivity (Wildman–Crippen MR) is 72.3 cm³/mol. The number of nitrogens with one attached hydrogen (secondary N) is 1. The normalized spacial score (nSPS) is 10.3. The third kappa shape index (κ3) is 3.61. The Morgan fingerprint density at radius 2 is 2.28 bits per heavy atom. The molecule has 0 unspecified atom stereocenters. The van der Waals surface area contributed by atoms with Gasteiger partial charge in [-0.1, -0.05) is 0 Å². The van der Waals surface area contributed by atoms with Crippen LogP contribution in [0.4, 0.5) is 4.39 Å². The molecule has 0 saturated heterocycles. The van der Waals surface area contributed by atoms with E-state index in [0.717, 1.165) is 16.3 Å². The summed E-state index contributed by atoms with van der Waals surface area (Å²) in [5.41, 5.74) is 0.287. The lowest BCUT2D eigenvalue weighted by atomic mass is 10.2. The van der Waals surface area contributed by atoms with Crippen LogP contribution < -0.4 is 5.32 Å². The maximum absolute atomic E-state index is 12.8. The van der Waals surface area contributed by atoms with Crippen LogP contribution in [0.1, 0.15) is 15.2 Å². The topological polar surface area (TPSA) is 42.0 Å². The summed E-state index contributed by atoms with van der Waals surface area (Å²) in [6, 6.07) is 6.59. The minimum absolute atomic E-state index is 0.285. The van der Waals surface area contributed by atoms with Crippen molar-refractivity contribution in [2.24, 2.45) is 0 Å². The molecule has 0 aliphatic heterocycles. The van der Waals surface area contributed by atoms with E-state index in [1.54, 1.807) is 11.3 Å². The highest BCUT2D eigenvalue weighted by Gasteiger charge is 2.06. The molecule has 0 spiro atoms. The van der Waals surface area contributed by atoms with Crippen molar-refractivity contribution in [3.8, 4) is 0 Å². The lowest BCUT2D eigenvalue weighted by molar-refractivity contribution is 0.0953. The van der Waals surface area contributed by atoms with Crippen molar-refractivity contribution < 1.29 is 9.18 Å². The zero-order valence-electron chi connectivity index (χ0n) is 9.32. The monoisotopic (exact) mass is 328 g/mol. The van der Waals surface area contributed by atoms with E-state index in [1.165, 1.54) is 17.1 Å². The molecule has 0 bridgehead atoms. The van der Waals surface area contributed by atoms with Crippen LogP contribution in [0.3, 0.4) is 0 Å². The van der Waals surface area contributed by atoms with E-state index in [2.05, 4.69) is 26.2 Å². The van der Waals surface area contributed by atoms with Gasteiger partial charge in [0.2, 0.25) is 5.95 Å². The van der Waals surface area contributed by atoms with E-state index in [9.17, 15) is 9.18 Å². The van der Waals surface area contributed by atoms with Crippen molar-refractivity contribution >= 4 is 33.2 Å². The lowest BCUT2D eigenvalue weighted by Gasteiger charge is -2.03. The van der Waals surface area contributed by atoms with Crippen LogP contribution in [0, 0.1) is 5.95 Å². The smallest absolute Gasteiger partial charge is 0.251 e. The van der Waals surface area contributed by atoms with Crippen LogP contribution in [0.2, 0.25) is 0 Å². The molecule has 2 heterocycles. The molecule has 1 amide bonds. The zero-order chi connectivity index (χ0) is 13.0. The third-order valence-corrected chi connectivity index (χ3v) is 3.96. The average Bonchev–Trinajstić information content (AvgIpc) is 2.75. The van der Waals surface area contributed by atoms with Crippen molar-refractivity contribution in [1.29, 1.82) is 0 Å². The maximum Gasteiger partial charge on any atom is 0.251 e. The van der Waals surface area contributed by atoms with Crippen molar-refractivity contribution in [3.05, 3.63) is 50.6 Å². The fourth-order valence-electron chi connectivity index (χ4n) is 1.43. The maximum atomic E-state index is 12.8. The Bertz CT molecular complexity index is 559. The fourth-order valence-corrected chi connectivity index (χ4v) is 2.91. The number of carbonyl (C=O) groups excluding carboxylic acids is 1. The molecule has 3 nitrogen and oxygen atoms in total. The molecule has 1 N–H and O–H groups in total. The van der Waals surface area contributed by atoms with Gasteiger partial charge in [-0.05, 0) is 40.5 Å². The Morgan fingerprint density at radius 1 is 1.44 bits per heavy atom. The highest BCUT2D eigenvalue weighted by Crippen LogP contribution is 2.22. The van der Waals surface area contributed by atoms with Gasteiger partial charge in [0.25, 0.3) is 5.91 Å². The zero-order valence-corrected chi connectivity index (χ0v) is 11.7. The van der Waals surface area contributed by atoms with E-state index in [4.69, 9.17) is 0 Å². The number of carbonyl (C=O) groups is 1. The Balaban J connectivity index is 1.85. The molecule has 2 aromatic rings. The second kappa shape index (κ2) is 6.06. The molecule has 94 valence electrons. The highest BCUT2D eigenvalue weighted by molar-refractivity contribution is 9.11. The van der Waals surface area contributed by atoms with Gasteiger partial charge in [-0.2, -0.15) is 4.39 Å². The molecular formula is C12H10BrFN2OS. The van der Waals surface area contributed by atoms with Gasteiger partial charge in [0.1, 0.15) is 0 Å². The summed E-state index contributed by atoms with van der Waals surface area (Å²) in [4.78, 5) is 16.3. The van der Waals surface area contributed by atoms with Gasteiger partial charge in [0, 0.05) is 29.2 Å². The number of halogens is 2. The number of aromatic nitrogens is 1. The Morgan fingerprint density at radius 3 is 2.94 bits per heavy atom. The molecule has 0 aliphatic rings. The largest absolute Gasteiger partial charge is 0.352 e. The lowest BCUT2D eigenvalue weighted by Crippen LogP contribution is -2.25. The second-order valence-electron chi connectivity index (χ2n) is 3.58. The van der Waals surface area contributed by atoms with Gasteiger partial charge >= 0.3 is 0 Å². The van der Waals surface area contributed by atoms with Crippen molar-refractivity contribution in [2.75, 3.05) is 6.54 Å². The van der Waals surface area contributed by atoms with Crippen LogP contribution in [0.25, 0.3) is 0 Å². The number of rotatable bonds is 4. The molecule has 6 heteroatoms. The number of hydrogen-bond acceptors (Lipinski definition) is 3. The van der Waals surface area contributed by atoms with E-state index in [0.29, 0.717) is 6.54 Å². The second-order valence-corrected chi connectivity index (χ2v) is 6.13. The highest BCUT2D eigenvalue weighted by atomic mass is 79.9. The Kier molecular flexibility index (Phi) is 4.43. The van der Waals surface area contributed by atoms with Gasteiger partial charge in [-0.15, -0.1) is 11.3 Å². The summed E-state index contributed by atoms with van der Waals surface area (Å²) in [7, 11) is 0. The predicted octanol–water partition coefficient (Wildman–Crippen LogP) is 3.02. The van der Waals surface area contributed by atoms with Gasteiger partial charge in [0.15, 0.2) is 0 Å². The molecule has 0 saturated carbocycles. The Labute approximate surface area is 116 Å². The van der Waals surface area contributed by atoms with Crippen LogP contribution in [-0.2, 0) is 6.42 Å². The first-order valence-electron chi connectivity index (χ1n) is 5.29. The number of thiophene rings is 1. The van der Waals surface area contributed by atoms with Crippen molar-refractivity contribution in [2.45, 2.75) is 6.42 Å². The summed E-state index contributed by atoms with van der Waals surface area (Å²) in [5.74, 6) is -0.934. The summed E-state index contributed by atoms with van der Waals surface area (Å²) >= 11 is 5.01. The average molecular weight is 329 g/mol. The number of pyridine rings is 1. The van der Waals surface area contributed by atoms with Crippen LogP contribution in [0.15, 0.2) is 34.2 Å². The molecular weight excluding hydrogens is 319 g/mol. The summed E-state index contributed by atoms with van der Waals surface area (Å²) in [6.45, 7) is 0.524. The molecule has 2 rings (SSSR count). The first-order valence-corrected chi connectivity index (χ1v) is 6.90. The van der Waals surface area contributed by atoms with E-state index >= 15 is 0 Å². The molecule has 0 radical (unpaired) electrons. The SMILES string of the molecule is O=C(NCCc1ccc(Br)s1)c1ccnc(F)c1. The van der Waals surface area contributed by atoms with E-state index in [-0.39, 0.29) is 11.5 Å². The molecule has 0 aromatic carbocycles. The van der Waals surface area contributed by atoms with Gasteiger partial charge in [0.05, 0.1) is 3.79 Å². The minimum atomic E-state index is -0.648. The number of hydrogen-bond donors (Lipinski definition) is 1. The van der Waals surface area contributed by atoms with Crippen molar-refractivity contribution in [3.63, 3.8) is 0 Å². The van der Waals surface area contributed by atoms with E-state index in [1.807, 2.05) is 12.1 Å². The molecule has 0 atom stereocenters. The minimum Gasteiger partial charge on any atom is -0.352 e. The first-order chi connectivity index (χ1) is 8.65. The Hall–Kier alpha value is -1.27. The van der Waals surface area contributed by atoms with Gasteiger partial charge in [-0.3, -0.25) is 4.79 Å². The number of amides is 1. The van der Waals surface area contributed by atoms with Crippen molar-refractivity contribution in [1.82, 2.24) is 10.3 Å². The molecule has 0 fully saturated rings. The molecule has 0 aliphatic carbocycles. The molecule has 2 aromatic heterocycles. The van der Waals surface area contributed by atoms with Crippen LogP contribution in [0.5, 0.6) is 0 Å². The quantitative estimate of drug-likeness (QED) is 0.876. The molecule has 18 heavy (non-hydrogen) atoms. The third-order valence-electron chi connectivity index (χ3n) is 2.27. The van der Waals surface area contributed by atoms with Gasteiger partial charge in [-0.25, -0.2) is 4.98 Å². The summed E-state index contributed by atoms with van der Waals surface area (Å²) in [6.07, 6.45) is 2.04. The fraction of sp³-hybridized carbons (Fsp3) is 0.167.